The summed E-state index contributed by atoms with van der Waals surface area (Å²) in [5.41, 5.74) is 1.74. The maximum Gasteiger partial charge on any atom is 0.338 e. The third-order valence-corrected chi connectivity index (χ3v) is 3.63. The van der Waals surface area contributed by atoms with Crippen molar-refractivity contribution in [3.8, 4) is 17.2 Å². The molecule has 1 aromatic carbocycles. The summed E-state index contributed by atoms with van der Waals surface area (Å²) in [5, 5.41) is 0.728. The summed E-state index contributed by atoms with van der Waals surface area (Å²) in [4.78, 5) is 12.0. The third kappa shape index (κ3) is 2.72. The molecule has 0 bridgehead atoms. The van der Waals surface area contributed by atoms with Crippen molar-refractivity contribution < 1.29 is 23.7 Å². The summed E-state index contributed by atoms with van der Waals surface area (Å²) in [7, 11) is 6.51. The van der Waals surface area contributed by atoms with Gasteiger partial charge in [-0.2, -0.15) is 0 Å². The van der Waals surface area contributed by atoms with Crippen LogP contribution in [0.5, 0.6) is 17.2 Å². The summed E-state index contributed by atoms with van der Waals surface area (Å²) in [6.07, 6.45) is 1.81. The first-order chi connectivity index (χ1) is 11.0. The van der Waals surface area contributed by atoms with Crippen LogP contribution in [0.25, 0.3) is 16.5 Å². The number of aryl methyl sites for hydroxylation is 1. The van der Waals surface area contributed by atoms with E-state index in [0.29, 0.717) is 22.8 Å². The van der Waals surface area contributed by atoms with E-state index in [1.165, 1.54) is 7.11 Å². The van der Waals surface area contributed by atoms with Crippen LogP contribution in [0.1, 0.15) is 12.5 Å². The molecule has 124 valence electrons. The van der Waals surface area contributed by atoms with E-state index in [4.69, 9.17) is 18.9 Å². The Hall–Kier alpha value is -2.63. The van der Waals surface area contributed by atoms with E-state index in [-0.39, 0.29) is 12.2 Å². The Bertz CT molecular complexity index is 760. The molecular formula is C17H21NO5. The molecule has 0 aliphatic heterocycles. The van der Waals surface area contributed by atoms with E-state index in [2.05, 4.69) is 6.58 Å². The molecule has 23 heavy (non-hydrogen) atoms. The maximum absolute atomic E-state index is 12.0. The lowest BCUT2D eigenvalue weighted by atomic mass is 10.0. The molecule has 1 aromatic heterocycles. The number of methoxy groups -OCH3 is 3. The second-order valence-electron chi connectivity index (χ2n) is 4.89. The highest BCUT2D eigenvalue weighted by Crippen LogP contribution is 2.46. The van der Waals surface area contributed by atoms with Gasteiger partial charge in [-0.05, 0) is 6.92 Å². The minimum absolute atomic E-state index is 0.267. The molecule has 6 heteroatoms. The Kier molecular flexibility index (Phi) is 4.83. The minimum Gasteiger partial charge on any atom is -0.493 e. The van der Waals surface area contributed by atoms with E-state index in [9.17, 15) is 4.79 Å². The fraction of sp³-hybridized carbons (Fsp3) is 0.353. The Morgan fingerprint density at radius 2 is 1.83 bits per heavy atom. The highest BCUT2D eigenvalue weighted by atomic mass is 16.5. The van der Waals surface area contributed by atoms with Crippen LogP contribution >= 0.6 is 0 Å². The number of rotatable bonds is 6. The lowest BCUT2D eigenvalue weighted by molar-refractivity contribution is -0.136. The van der Waals surface area contributed by atoms with E-state index in [0.717, 1.165) is 10.9 Å². The van der Waals surface area contributed by atoms with Crippen LogP contribution in [-0.4, -0.2) is 38.5 Å². The molecule has 0 aliphatic rings. The van der Waals surface area contributed by atoms with Gasteiger partial charge < -0.3 is 23.5 Å². The third-order valence-electron chi connectivity index (χ3n) is 3.63. The number of nitrogens with zero attached hydrogens (tertiary/aromatic N) is 1. The van der Waals surface area contributed by atoms with Crippen molar-refractivity contribution in [1.82, 2.24) is 4.57 Å². The molecule has 0 atom stereocenters. The van der Waals surface area contributed by atoms with Crippen LogP contribution in [0.3, 0.4) is 0 Å². The summed E-state index contributed by atoms with van der Waals surface area (Å²) in [6, 6.07) is 1.83. The molecule has 0 saturated heterocycles. The standard InChI is InChI=1S/C17H21NO5/c1-7-23-17(19)10(2)11-9-18(3)12-8-13(20-4)15(21-5)16(22-6)14(11)12/h8-9H,2,7H2,1,3-6H3. The Morgan fingerprint density at radius 3 is 2.35 bits per heavy atom. The first-order valence-corrected chi connectivity index (χ1v) is 7.14. The van der Waals surface area contributed by atoms with Crippen molar-refractivity contribution in [2.45, 2.75) is 6.92 Å². The number of aromatic nitrogens is 1. The summed E-state index contributed by atoms with van der Waals surface area (Å²) < 4.78 is 23.2. The number of hydrogen-bond donors (Lipinski definition) is 0. The number of fused-ring (bicyclic) bond motifs is 1. The van der Waals surface area contributed by atoms with Crippen LogP contribution in [0, 0.1) is 0 Å². The van der Waals surface area contributed by atoms with E-state index in [1.54, 1.807) is 21.1 Å². The Labute approximate surface area is 135 Å². The van der Waals surface area contributed by atoms with Crippen molar-refractivity contribution in [1.29, 1.82) is 0 Å². The van der Waals surface area contributed by atoms with Crippen LogP contribution in [0.4, 0.5) is 0 Å². The molecule has 6 nitrogen and oxygen atoms in total. The zero-order valence-corrected chi connectivity index (χ0v) is 14.1. The van der Waals surface area contributed by atoms with Crippen LogP contribution in [-0.2, 0) is 16.6 Å². The Morgan fingerprint density at radius 1 is 1.17 bits per heavy atom. The van der Waals surface area contributed by atoms with Crippen molar-refractivity contribution in [3.63, 3.8) is 0 Å². The van der Waals surface area contributed by atoms with Gasteiger partial charge in [-0.15, -0.1) is 0 Å². The van der Waals surface area contributed by atoms with Gasteiger partial charge in [0.25, 0.3) is 0 Å². The number of ether oxygens (including phenoxy) is 4. The van der Waals surface area contributed by atoms with Crippen LogP contribution < -0.4 is 14.2 Å². The van der Waals surface area contributed by atoms with Gasteiger partial charge >= 0.3 is 5.97 Å². The predicted octanol–water partition coefficient (Wildman–Crippen LogP) is 2.78. The smallest absolute Gasteiger partial charge is 0.338 e. The van der Waals surface area contributed by atoms with Crippen molar-refractivity contribution in [2.24, 2.45) is 7.05 Å². The fourth-order valence-corrected chi connectivity index (χ4v) is 2.57. The normalized spacial score (nSPS) is 10.5. The Balaban J connectivity index is 2.78. The molecular weight excluding hydrogens is 298 g/mol. The molecule has 0 amide bonds. The molecule has 0 N–H and O–H groups in total. The quantitative estimate of drug-likeness (QED) is 0.605. The van der Waals surface area contributed by atoms with E-state index >= 15 is 0 Å². The zero-order valence-electron chi connectivity index (χ0n) is 14.1. The van der Waals surface area contributed by atoms with Crippen molar-refractivity contribution in [2.75, 3.05) is 27.9 Å². The van der Waals surface area contributed by atoms with Gasteiger partial charge in [-0.25, -0.2) is 4.79 Å². The summed E-state index contributed by atoms with van der Waals surface area (Å²) in [5.74, 6) is 1.04. The highest BCUT2D eigenvalue weighted by molar-refractivity contribution is 6.20. The number of carbonyl (C=O) groups excluding carboxylic acids is 1. The molecule has 0 fully saturated rings. The largest absolute Gasteiger partial charge is 0.493 e. The molecule has 0 saturated carbocycles. The second-order valence-corrected chi connectivity index (χ2v) is 4.89. The molecule has 0 aliphatic carbocycles. The predicted molar refractivity (Wildman–Crippen MR) is 88.2 cm³/mol. The lowest BCUT2D eigenvalue weighted by Crippen LogP contribution is -2.05. The van der Waals surface area contributed by atoms with Crippen molar-refractivity contribution in [3.05, 3.63) is 24.4 Å². The molecule has 2 aromatic rings. The fourth-order valence-electron chi connectivity index (χ4n) is 2.57. The van der Waals surface area contributed by atoms with Gasteiger partial charge in [0, 0.05) is 24.9 Å². The van der Waals surface area contributed by atoms with Gasteiger partial charge in [0.1, 0.15) is 0 Å². The van der Waals surface area contributed by atoms with Crippen LogP contribution in [0.15, 0.2) is 18.8 Å². The number of hydrogen-bond acceptors (Lipinski definition) is 5. The average molecular weight is 319 g/mol. The monoisotopic (exact) mass is 319 g/mol. The first kappa shape index (κ1) is 16.7. The topological polar surface area (TPSA) is 58.9 Å². The maximum atomic E-state index is 12.0. The molecule has 0 spiro atoms. The van der Waals surface area contributed by atoms with Gasteiger partial charge in [-0.3, -0.25) is 0 Å². The molecule has 2 rings (SSSR count). The van der Waals surface area contributed by atoms with E-state index < -0.39 is 5.97 Å². The van der Waals surface area contributed by atoms with Crippen molar-refractivity contribution >= 4 is 22.4 Å². The summed E-state index contributed by atoms with van der Waals surface area (Å²) >= 11 is 0. The van der Waals surface area contributed by atoms with Crippen LogP contribution in [0.2, 0.25) is 0 Å². The molecule has 0 radical (unpaired) electrons. The van der Waals surface area contributed by atoms with Gasteiger partial charge in [-0.1, -0.05) is 6.58 Å². The number of benzene rings is 1. The zero-order chi connectivity index (χ0) is 17.1. The minimum atomic E-state index is -0.461. The van der Waals surface area contributed by atoms with Gasteiger partial charge in [0.05, 0.1) is 44.4 Å². The van der Waals surface area contributed by atoms with Gasteiger partial charge in [0.2, 0.25) is 5.75 Å². The first-order valence-electron chi connectivity index (χ1n) is 7.14. The van der Waals surface area contributed by atoms with E-state index in [1.807, 2.05) is 23.9 Å². The number of carbonyl (C=O) groups is 1. The SMILES string of the molecule is C=C(C(=O)OCC)c1cn(C)c2cc(OC)c(OC)c(OC)c12. The molecule has 1 heterocycles. The lowest BCUT2D eigenvalue weighted by Gasteiger charge is -2.14. The number of esters is 1. The highest BCUT2D eigenvalue weighted by Gasteiger charge is 2.24. The second kappa shape index (κ2) is 6.64. The van der Waals surface area contributed by atoms with Gasteiger partial charge in [0.15, 0.2) is 11.5 Å². The molecule has 0 unspecified atom stereocenters. The summed E-state index contributed by atoms with van der Waals surface area (Å²) in [6.45, 7) is 5.91. The average Bonchev–Trinajstić information content (AvgIpc) is 2.89.